The van der Waals surface area contributed by atoms with Crippen molar-refractivity contribution in [3.05, 3.63) is 58.8 Å². The fourth-order valence-corrected chi connectivity index (χ4v) is 5.42. The molecule has 5 rings (SSSR count). The van der Waals surface area contributed by atoms with E-state index < -0.39 is 5.60 Å². The Bertz CT molecular complexity index is 1450. The molecular weight excluding hydrogens is 554 g/mol. The van der Waals surface area contributed by atoms with Crippen LogP contribution in [0.3, 0.4) is 0 Å². The number of piperazine rings is 1. The fourth-order valence-electron chi connectivity index (χ4n) is 5.13. The zero-order valence-electron chi connectivity index (χ0n) is 24.7. The van der Waals surface area contributed by atoms with Crippen LogP contribution in [0.2, 0.25) is 5.02 Å². The third-order valence-electron chi connectivity index (χ3n) is 7.49. The van der Waals surface area contributed by atoms with Crippen LogP contribution in [0.5, 0.6) is 0 Å². The lowest BCUT2D eigenvalue weighted by atomic mass is 10.1. The molecule has 1 aromatic carbocycles. The van der Waals surface area contributed by atoms with E-state index in [2.05, 4.69) is 48.1 Å². The van der Waals surface area contributed by atoms with Gasteiger partial charge in [0, 0.05) is 69.8 Å². The molecule has 0 spiro atoms. The molecule has 2 aliphatic heterocycles. The number of hydrogen-bond acceptors (Lipinski definition) is 8. The maximum atomic E-state index is 12.4. The van der Waals surface area contributed by atoms with Gasteiger partial charge in [-0.25, -0.2) is 24.3 Å². The van der Waals surface area contributed by atoms with E-state index in [0.29, 0.717) is 41.0 Å². The number of aromatic nitrogens is 4. The number of anilines is 1. The van der Waals surface area contributed by atoms with Gasteiger partial charge in [0.15, 0.2) is 0 Å². The summed E-state index contributed by atoms with van der Waals surface area (Å²) < 4.78 is 7.21. The summed E-state index contributed by atoms with van der Waals surface area (Å²) in [6, 6.07) is 6.17. The summed E-state index contributed by atoms with van der Waals surface area (Å²) in [5.41, 5.74) is 2.95. The molecule has 0 aliphatic carbocycles. The van der Waals surface area contributed by atoms with Crippen LogP contribution >= 0.6 is 11.6 Å². The number of nitrogens with zero attached hydrogens (tertiary/aromatic N) is 8. The maximum absolute atomic E-state index is 12.4. The van der Waals surface area contributed by atoms with E-state index in [-0.39, 0.29) is 12.1 Å². The number of nitrogens with one attached hydrogen (secondary N) is 1. The molecule has 3 aromatic rings. The maximum Gasteiger partial charge on any atom is 0.410 e. The van der Waals surface area contributed by atoms with Crippen molar-refractivity contribution < 1.29 is 9.53 Å². The van der Waals surface area contributed by atoms with E-state index in [1.807, 2.05) is 39.1 Å². The summed E-state index contributed by atoms with van der Waals surface area (Å²) in [5.74, 6) is 0.437. The van der Waals surface area contributed by atoms with Gasteiger partial charge in [0.25, 0.3) is 0 Å². The van der Waals surface area contributed by atoms with Gasteiger partial charge in [-0.05, 0) is 58.4 Å². The Kier molecular flexibility index (Phi) is 8.96. The van der Waals surface area contributed by atoms with Gasteiger partial charge in [-0.1, -0.05) is 17.7 Å². The minimum atomic E-state index is -0.520. The third-order valence-corrected chi connectivity index (χ3v) is 7.79. The highest BCUT2D eigenvalue weighted by Crippen LogP contribution is 2.31. The second-order valence-corrected chi connectivity index (χ2v) is 12.4. The normalized spacial score (nSPS) is 17.2. The summed E-state index contributed by atoms with van der Waals surface area (Å²) in [6.07, 6.45) is 6.25. The highest BCUT2D eigenvalue weighted by atomic mass is 35.5. The first-order chi connectivity index (χ1) is 20.1. The lowest BCUT2D eigenvalue weighted by Gasteiger charge is -2.33. The molecule has 0 atom stereocenters. The molecule has 0 saturated carbocycles. The second-order valence-electron chi connectivity index (χ2n) is 12.0. The molecular formula is C30H38ClN9O2. The first-order valence-electron chi connectivity index (χ1n) is 14.3. The van der Waals surface area contributed by atoms with Gasteiger partial charge in [0.2, 0.25) is 11.6 Å². The minimum absolute atomic E-state index is 0.0983. The number of rotatable bonds is 6. The quantitative estimate of drug-likeness (QED) is 0.396. The number of carbonyl (C=O) groups is 1. The summed E-state index contributed by atoms with van der Waals surface area (Å²) >= 11 is 6.71. The number of benzene rings is 1. The van der Waals surface area contributed by atoms with Crippen LogP contribution in [0.4, 0.5) is 16.4 Å². The summed E-state index contributed by atoms with van der Waals surface area (Å²) in [7, 11) is 2.15. The first-order valence-corrected chi connectivity index (χ1v) is 14.7. The predicted octanol–water partition coefficient (Wildman–Crippen LogP) is 5.09. The van der Waals surface area contributed by atoms with E-state index in [0.717, 1.165) is 51.3 Å². The molecule has 4 heterocycles. The molecule has 1 N–H and O–H groups in total. The van der Waals surface area contributed by atoms with Crippen molar-refractivity contribution >= 4 is 29.3 Å². The van der Waals surface area contributed by atoms with Gasteiger partial charge in [-0.15, -0.1) is 0 Å². The third kappa shape index (κ3) is 7.37. The topological polar surface area (TPSA) is 96.0 Å². The largest absolute Gasteiger partial charge is 0.444 e. The molecule has 2 saturated heterocycles. The van der Waals surface area contributed by atoms with Crippen molar-refractivity contribution in [1.82, 2.24) is 34.4 Å². The predicted molar refractivity (Wildman–Crippen MR) is 163 cm³/mol. The first kappa shape index (κ1) is 29.8. The zero-order valence-corrected chi connectivity index (χ0v) is 25.4. The van der Waals surface area contributed by atoms with Gasteiger partial charge in [-0.2, -0.15) is 5.10 Å². The van der Waals surface area contributed by atoms with Gasteiger partial charge < -0.3 is 19.9 Å². The van der Waals surface area contributed by atoms with E-state index in [1.54, 1.807) is 15.8 Å². The van der Waals surface area contributed by atoms with Crippen molar-refractivity contribution in [3.8, 4) is 16.9 Å². The molecule has 2 aromatic heterocycles. The fraction of sp³-hybridized carbons (Fsp3) is 0.500. The van der Waals surface area contributed by atoms with Gasteiger partial charge >= 0.3 is 6.09 Å². The van der Waals surface area contributed by atoms with Crippen LogP contribution in [0, 0.1) is 6.57 Å². The Morgan fingerprint density at radius 1 is 1.14 bits per heavy atom. The van der Waals surface area contributed by atoms with E-state index in [1.165, 1.54) is 11.8 Å². The Hall–Kier alpha value is -3.72. The zero-order chi connectivity index (χ0) is 29.9. The monoisotopic (exact) mass is 591 g/mol. The average Bonchev–Trinajstić information content (AvgIpc) is 3.44. The van der Waals surface area contributed by atoms with Gasteiger partial charge in [0.05, 0.1) is 29.2 Å². The highest BCUT2D eigenvalue weighted by Gasteiger charge is 2.27. The van der Waals surface area contributed by atoms with Crippen LogP contribution in [0.1, 0.15) is 39.2 Å². The number of amides is 1. The molecule has 1 amide bonds. The van der Waals surface area contributed by atoms with Crippen LogP contribution < -0.4 is 5.32 Å². The number of ether oxygens (including phenoxy) is 1. The second kappa shape index (κ2) is 12.7. The Morgan fingerprint density at radius 3 is 2.55 bits per heavy atom. The molecule has 0 bridgehead atoms. The Morgan fingerprint density at radius 2 is 1.88 bits per heavy atom. The summed E-state index contributed by atoms with van der Waals surface area (Å²) in [5, 5.41) is 8.53. The van der Waals surface area contributed by atoms with Crippen LogP contribution in [0.25, 0.3) is 21.8 Å². The molecule has 12 heteroatoms. The van der Waals surface area contributed by atoms with Gasteiger partial charge in [-0.3, -0.25) is 4.90 Å². The molecule has 222 valence electrons. The lowest BCUT2D eigenvalue weighted by molar-refractivity contribution is 0.0210. The smallest absolute Gasteiger partial charge is 0.410 e. The van der Waals surface area contributed by atoms with E-state index >= 15 is 0 Å². The number of hydrogen-bond donors (Lipinski definition) is 1. The van der Waals surface area contributed by atoms with Crippen LogP contribution in [-0.2, 0) is 11.3 Å². The number of likely N-dealkylation sites (N-methyl/N-ethyl adjacent to an activating group) is 1. The van der Waals surface area contributed by atoms with Crippen LogP contribution in [0.15, 0.2) is 36.8 Å². The summed E-state index contributed by atoms with van der Waals surface area (Å²) in [4.78, 5) is 31.6. The molecule has 2 fully saturated rings. The highest BCUT2D eigenvalue weighted by molar-refractivity contribution is 6.32. The van der Waals surface area contributed by atoms with Crippen LogP contribution in [-0.4, -0.2) is 98.5 Å². The molecule has 0 unspecified atom stereocenters. The van der Waals surface area contributed by atoms with E-state index in [9.17, 15) is 4.79 Å². The minimum Gasteiger partial charge on any atom is -0.444 e. The molecule has 2 aliphatic rings. The van der Waals surface area contributed by atoms with Crippen molar-refractivity contribution in [2.24, 2.45) is 0 Å². The number of likely N-dealkylation sites (tertiary alicyclic amines) is 1. The molecule has 11 nitrogen and oxygen atoms in total. The van der Waals surface area contributed by atoms with E-state index in [4.69, 9.17) is 22.9 Å². The van der Waals surface area contributed by atoms with Crippen molar-refractivity contribution in [2.45, 2.75) is 51.8 Å². The van der Waals surface area contributed by atoms with Crippen molar-refractivity contribution in [3.63, 3.8) is 0 Å². The standard InChI is InChI=1S/C30H38ClN9O2/c1-30(2,3)42-29(41)39-10-8-23(9-11-39)35-28-33-18-25(32-4)27(36-28)22-17-34-40(20-22)26-7-6-21(16-24(26)31)19-38-14-12-37(5)13-15-38/h6-7,16-18,20,23H,8-15,19H2,1-3,5H3,(H,33,35,36). The molecule has 42 heavy (non-hydrogen) atoms. The number of piperidine rings is 1. The average molecular weight is 592 g/mol. The van der Waals surface area contributed by atoms with Gasteiger partial charge in [0.1, 0.15) is 5.60 Å². The number of halogens is 1. The molecule has 0 radical (unpaired) electrons. The Balaban J connectivity index is 1.25. The number of carbonyl (C=O) groups excluding carboxylic acids is 1. The Labute approximate surface area is 252 Å². The lowest BCUT2D eigenvalue weighted by Crippen LogP contribution is -2.44. The SMILES string of the molecule is [C-]#[N+]c1cnc(NC2CCN(C(=O)OC(C)(C)C)CC2)nc1-c1cnn(-c2ccc(CN3CCN(C)CC3)cc2Cl)c1. The van der Waals surface area contributed by atoms with Crippen molar-refractivity contribution in [1.29, 1.82) is 0 Å². The summed E-state index contributed by atoms with van der Waals surface area (Å²) in [6.45, 7) is 19.5. The van der Waals surface area contributed by atoms with Crippen molar-refractivity contribution in [2.75, 3.05) is 51.6 Å².